The van der Waals surface area contributed by atoms with Crippen LogP contribution in [0.5, 0.6) is 0 Å². The minimum atomic E-state index is -0.226. The standard InChI is InChI=1S/C26H36N4O2/c1-19(2)21-8-10-22(11-9-21)23-18-24-26(32)29(16-17-30(24)28-23)15-13-25(31)27-14-12-20-6-4-3-5-7-20/h6,8-11,16-17,19,23-24,28H,3-5,7,12-15,18H2,1-2H3,(H,27,31). The first-order chi connectivity index (χ1) is 15.5. The molecule has 0 aromatic heterocycles. The van der Waals surface area contributed by atoms with Crippen molar-refractivity contribution in [1.29, 1.82) is 0 Å². The molecule has 2 aliphatic heterocycles. The minimum absolute atomic E-state index is 0.0118. The van der Waals surface area contributed by atoms with Crippen LogP contribution in [0, 0.1) is 0 Å². The number of benzene rings is 1. The Labute approximate surface area is 191 Å². The largest absolute Gasteiger partial charge is 0.356 e. The Hall–Kier alpha value is -2.60. The molecule has 0 bridgehead atoms. The van der Waals surface area contributed by atoms with E-state index in [1.807, 2.05) is 11.2 Å². The van der Waals surface area contributed by atoms with Crippen molar-refractivity contribution in [3.8, 4) is 0 Å². The van der Waals surface area contributed by atoms with Crippen LogP contribution >= 0.6 is 0 Å². The summed E-state index contributed by atoms with van der Waals surface area (Å²) in [6.07, 6.45) is 12.9. The minimum Gasteiger partial charge on any atom is -0.356 e. The zero-order chi connectivity index (χ0) is 22.5. The van der Waals surface area contributed by atoms with E-state index in [9.17, 15) is 9.59 Å². The number of hydrogen-bond acceptors (Lipinski definition) is 4. The summed E-state index contributed by atoms with van der Waals surface area (Å²) in [7, 11) is 0. The lowest BCUT2D eigenvalue weighted by Gasteiger charge is -2.31. The second-order valence-corrected chi connectivity index (χ2v) is 9.45. The highest BCUT2D eigenvalue weighted by atomic mass is 16.2. The Kier molecular flexibility index (Phi) is 7.30. The average molecular weight is 437 g/mol. The monoisotopic (exact) mass is 436 g/mol. The number of hydrogen-bond donors (Lipinski definition) is 2. The van der Waals surface area contributed by atoms with Gasteiger partial charge in [-0.05, 0) is 55.6 Å². The Morgan fingerprint density at radius 3 is 2.72 bits per heavy atom. The molecule has 2 atom stereocenters. The van der Waals surface area contributed by atoms with Gasteiger partial charge in [-0.15, -0.1) is 0 Å². The Balaban J connectivity index is 1.24. The first-order valence-electron chi connectivity index (χ1n) is 12.1. The maximum Gasteiger partial charge on any atom is 0.250 e. The van der Waals surface area contributed by atoms with Crippen LogP contribution in [-0.2, 0) is 9.59 Å². The highest BCUT2D eigenvalue weighted by Gasteiger charge is 2.39. The number of fused-ring (bicyclic) bond motifs is 1. The summed E-state index contributed by atoms with van der Waals surface area (Å²) in [4.78, 5) is 27.0. The van der Waals surface area contributed by atoms with E-state index in [2.05, 4.69) is 54.9 Å². The molecule has 0 spiro atoms. The molecule has 1 aromatic rings. The average Bonchev–Trinajstić information content (AvgIpc) is 3.25. The molecule has 4 rings (SSSR count). The Morgan fingerprint density at radius 2 is 2.00 bits per heavy atom. The molecule has 2 amide bonds. The number of nitrogens with zero attached hydrogens (tertiary/aromatic N) is 2. The lowest BCUT2D eigenvalue weighted by Crippen LogP contribution is -2.48. The molecule has 1 saturated heterocycles. The maximum atomic E-state index is 13.0. The second kappa shape index (κ2) is 10.3. The van der Waals surface area contributed by atoms with E-state index in [0.717, 1.165) is 19.3 Å². The molecule has 0 radical (unpaired) electrons. The van der Waals surface area contributed by atoms with Gasteiger partial charge in [0, 0.05) is 31.9 Å². The van der Waals surface area contributed by atoms with Gasteiger partial charge in [-0.2, -0.15) is 0 Å². The first-order valence-corrected chi connectivity index (χ1v) is 12.1. The summed E-state index contributed by atoms with van der Waals surface area (Å²) in [6.45, 7) is 5.49. The van der Waals surface area contributed by atoms with Crippen molar-refractivity contribution in [2.45, 2.75) is 76.8 Å². The van der Waals surface area contributed by atoms with E-state index < -0.39 is 0 Å². The fourth-order valence-corrected chi connectivity index (χ4v) is 4.76. The molecule has 1 fully saturated rings. The van der Waals surface area contributed by atoms with E-state index in [4.69, 9.17) is 0 Å². The predicted molar refractivity (Wildman–Crippen MR) is 126 cm³/mol. The van der Waals surface area contributed by atoms with Crippen molar-refractivity contribution in [2.24, 2.45) is 0 Å². The molecule has 2 heterocycles. The van der Waals surface area contributed by atoms with Crippen LogP contribution in [-0.4, -0.2) is 40.9 Å². The van der Waals surface area contributed by atoms with Gasteiger partial charge < -0.3 is 15.2 Å². The van der Waals surface area contributed by atoms with Crippen LogP contribution in [0.2, 0.25) is 0 Å². The van der Waals surface area contributed by atoms with Crippen molar-refractivity contribution in [1.82, 2.24) is 20.7 Å². The third-order valence-electron chi connectivity index (χ3n) is 6.81. The number of hydrazine groups is 1. The molecule has 3 aliphatic rings. The van der Waals surface area contributed by atoms with Gasteiger partial charge >= 0.3 is 0 Å². The van der Waals surface area contributed by atoms with Crippen LogP contribution in [0.1, 0.15) is 81.9 Å². The molecule has 1 aliphatic carbocycles. The van der Waals surface area contributed by atoms with E-state index in [1.54, 1.807) is 11.1 Å². The molecule has 32 heavy (non-hydrogen) atoms. The van der Waals surface area contributed by atoms with Crippen LogP contribution < -0.4 is 10.7 Å². The molecule has 0 saturated carbocycles. The smallest absolute Gasteiger partial charge is 0.250 e. The number of carbonyl (C=O) groups is 2. The molecule has 172 valence electrons. The zero-order valence-corrected chi connectivity index (χ0v) is 19.3. The normalized spacial score (nSPS) is 22.8. The van der Waals surface area contributed by atoms with E-state index >= 15 is 0 Å². The van der Waals surface area contributed by atoms with Gasteiger partial charge in [0.15, 0.2) is 0 Å². The molecule has 1 aromatic carbocycles. The van der Waals surface area contributed by atoms with Crippen LogP contribution in [0.25, 0.3) is 0 Å². The summed E-state index contributed by atoms with van der Waals surface area (Å²) < 4.78 is 0. The lowest BCUT2D eigenvalue weighted by molar-refractivity contribution is -0.134. The summed E-state index contributed by atoms with van der Waals surface area (Å²) in [6, 6.07) is 8.55. The van der Waals surface area contributed by atoms with Crippen molar-refractivity contribution in [3.05, 3.63) is 59.4 Å². The summed E-state index contributed by atoms with van der Waals surface area (Å²) in [5.74, 6) is 0.575. The van der Waals surface area contributed by atoms with E-state index in [0.29, 0.717) is 25.4 Å². The van der Waals surface area contributed by atoms with Crippen LogP contribution in [0.3, 0.4) is 0 Å². The van der Waals surface area contributed by atoms with Crippen LogP contribution in [0.15, 0.2) is 48.3 Å². The molecule has 6 heteroatoms. The van der Waals surface area contributed by atoms with E-state index in [1.165, 1.54) is 36.0 Å². The summed E-state index contributed by atoms with van der Waals surface area (Å²) in [5, 5.41) is 4.92. The lowest BCUT2D eigenvalue weighted by atomic mass is 9.97. The fraction of sp³-hybridized carbons (Fsp3) is 0.538. The topological polar surface area (TPSA) is 64.7 Å². The summed E-state index contributed by atoms with van der Waals surface area (Å²) >= 11 is 0. The number of nitrogens with one attached hydrogen (secondary N) is 2. The van der Waals surface area contributed by atoms with Crippen molar-refractivity contribution >= 4 is 11.8 Å². The molecule has 6 nitrogen and oxygen atoms in total. The van der Waals surface area contributed by atoms with Gasteiger partial charge in [0.1, 0.15) is 6.04 Å². The Bertz CT molecular complexity index is 874. The molecular weight excluding hydrogens is 400 g/mol. The predicted octanol–water partition coefficient (Wildman–Crippen LogP) is 4.14. The first kappa shape index (κ1) is 22.6. The Morgan fingerprint density at radius 1 is 1.19 bits per heavy atom. The van der Waals surface area contributed by atoms with E-state index in [-0.39, 0.29) is 23.9 Å². The maximum absolute atomic E-state index is 13.0. The number of carbonyl (C=O) groups excluding carboxylic acids is 2. The van der Waals surface area contributed by atoms with Gasteiger partial charge in [-0.3, -0.25) is 9.59 Å². The highest BCUT2D eigenvalue weighted by Crippen LogP contribution is 2.31. The van der Waals surface area contributed by atoms with Crippen molar-refractivity contribution < 1.29 is 9.59 Å². The van der Waals surface area contributed by atoms with Gasteiger partial charge in [-0.25, -0.2) is 5.43 Å². The van der Waals surface area contributed by atoms with Gasteiger partial charge in [0.25, 0.3) is 5.91 Å². The third-order valence-corrected chi connectivity index (χ3v) is 6.81. The molecular formula is C26H36N4O2. The van der Waals surface area contributed by atoms with Gasteiger partial charge in [0.2, 0.25) is 5.91 Å². The number of rotatable bonds is 8. The third kappa shape index (κ3) is 5.41. The summed E-state index contributed by atoms with van der Waals surface area (Å²) in [5.41, 5.74) is 7.43. The zero-order valence-electron chi connectivity index (χ0n) is 19.3. The van der Waals surface area contributed by atoms with Crippen molar-refractivity contribution in [3.63, 3.8) is 0 Å². The number of amides is 2. The van der Waals surface area contributed by atoms with Gasteiger partial charge in [0.05, 0.1) is 6.04 Å². The second-order valence-electron chi connectivity index (χ2n) is 9.45. The highest BCUT2D eigenvalue weighted by molar-refractivity contribution is 5.85. The number of allylic oxidation sites excluding steroid dienone is 1. The SMILES string of the molecule is CC(C)c1ccc(C2CC3C(=O)N(CCC(=O)NCCC4=CCCCC4)C=CN3N2)cc1. The van der Waals surface area contributed by atoms with Gasteiger partial charge in [-0.1, -0.05) is 49.8 Å². The van der Waals surface area contributed by atoms with Crippen molar-refractivity contribution in [2.75, 3.05) is 13.1 Å². The quantitative estimate of drug-likeness (QED) is 0.601. The molecule has 2 N–H and O–H groups in total. The molecule has 2 unspecified atom stereocenters. The van der Waals surface area contributed by atoms with Crippen LogP contribution in [0.4, 0.5) is 0 Å². The fourth-order valence-electron chi connectivity index (χ4n) is 4.76.